The SMILES string of the molecule is CC(C)N1CCN(C(=O)c2c3c(c[nH]c2=O)CN(C(=O)[C@H]2CCO[C@@H]2C)CC3)CC1. The Labute approximate surface area is 177 Å². The largest absolute Gasteiger partial charge is 0.378 e. The molecule has 164 valence electrons. The number of aromatic amines is 1. The smallest absolute Gasteiger partial charge is 0.261 e. The first-order chi connectivity index (χ1) is 14.4. The first-order valence-electron chi connectivity index (χ1n) is 11.0. The number of pyridine rings is 1. The number of nitrogens with one attached hydrogen (secondary N) is 1. The minimum atomic E-state index is -0.331. The van der Waals surface area contributed by atoms with E-state index in [-0.39, 0.29) is 35.0 Å². The van der Waals surface area contributed by atoms with Crippen LogP contribution in [-0.2, 0) is 22.5 Å². The van der Waals surface area contributed by atoms with E-state index in [1.54, 1.807) is 11.1 Å². The van der Waals surface area contributed by atoms with Crippen molar-refractivity contribution in [2.75, 3.05) is 39.3 Å². The number of piperazine rings is 1. The molecule has 0 aliphatic carbocycles. The molecule has 0 unspecified atom stereocenters. The fourth-order valence-electron chi connectivity index (χ4n) is 4.87. The molecule has 0 bridgehead atoms. The summed E-state index contributed by atoms with van der Waals surface area (Å²) in [6, 6.07) is 0.451. The van der Waals surface area contributed by atoms with Crippen molar-refractivity contribution in [3.05, 3.63) is 33.2 Å². The van der Waals surface area contributed by atoms with Gasteiger partial charge in [-0.1, -0.05) is 0 Å². The van der Waals surface area contributed by atoms with E-state index in [2.05, 4.69) is 23.7 Å². The van der Waals surface area contributed by atoms with Crippen molar-refractivity contribution >= 4 is 11.8 Å². The van der Waals surface area contributed by atoms with E-state index in [4.69, 9.17) is 4.74 Å². The highest BCUT2D eigenvalue weighted by Gasteiger charge is 2.36. The van der Waals surface area contributed by atoms with Gasteiger partial charge in [0.25, 0.3) is 11.5 Å². The number of carbonyl (C=O) groups is 2. The number of nitrogens with zero attached hydrogens (tertiary/aromatic N) is 3. The number of carbonyl (C=O) groups excluding carboxylic acids is 2. The van der Waals surface area contributed by atoms with Gasteiger partial charge in [0, 0.05) is 58.1 Å². The maximum atomic E-state index is 13.2. The molecular formula is C22H32N4O4. The Morgan fingerprint density at radius 1 is 1.13 bits per heavy atom. The zero-order chi connectivity index (χ0) is 21.4. The number of H-pyrrole nitrogens is 1. The van der Waals surface area contributed by atoms with Crippen LogP contribution >= 0.6 is 0 Å². The summed E-state index contributed by atoms with van der Waals surface area (Å²) < 4.78 is 5.55. The summed E-state index contributed by atoms with van der Waals surface area (Å²) in [4.78, 5) is 47.5. The van der Waals surface area contributed by atoms with E-state index in [0.29, 0.717) is 45.2 Å². The lowest BCUT2D eigenvalue weighted by molar-refractivity contribution is -0.137. The molecule has 0 spiro atoms. The molecule has 3 aliphatic heterocycles. The van der Waals surface area contributed by atoms with Gasteiger partial charge in [-0.15, -0.1) is 0 Å². The van der Waals surface area contributed by atoms with Crippen molar-refractivity contribution in [3.63, 3.8) is 0 Å². The summed E-state index contributed by atoms with van der Waals surface area (Å²) >= 11 is 0. The molecule has 3 aliphatic rings. The van der Waals surface area contributed by atoms with Crippen LogP contribution < -0.4 is 5.56 Å². The average Bonchev–Trinajstić information content (AvgIpc) is 3.18. The summed E-state index contributed by atoms with van der Waals surface area (Å²) in [5.74, 6) is -0.184. The zero-order valence-electron chi connectivity index (χ0n) is 18.1. The van der Waals surface area contributed by atoms with Gasteiger partial charge in [-0.2, -0.15) is 0 Å². The molecule has 0 saturated carbocycles. The topological polar surface area (TPSA) is 86.0 Å². The van der Waals surface area contributed by atoms with Crippen molar-refractivity contribution in [3.8, 4) is 0 Å². The molecule has 4 heterocycles. The van der Waals surface area contributed by atoms with Gasteiger partial charge in [0.2, 0.25) is 5.91 Å². The predicted molar refractivity (Wildman–Crippen MR) is 112 cm³/mol. The molecule has 8 nitrogen and oxygen atoms in total. The maximum Gasteiger partial charge on any atom is 0.261 e. The number of aromatic nitrogens is 1. The lowest BCUT2D eigenvalue weighted by Gasteiger charge is -2.37. The molecule has 1 aromatic rings. The maximum absolute atomic E-state index is 13.2. The third-order valence-corrected chi connectivity index (χ3v) is 6.84. The molecule has 30 heavy (non-hydrogen) atoms. The lowest BCUT2D eigenvalue weighted by Crippen LogP contribution is -2.52. The quantitative estimate of drug-likeness (QED) is 0.790. The van der Waals surface area contributed by atoms with E-state index in [0.717, 1.165) is 30.6 Å². The Morgan fingerprint density at radius 2 is 1.87 bits per heavy atom. The summed E-state index contributed by atoms with van der Waals surface area (Å²) in [5, 5.41) is 0. The van der Waals surface area contributed by atoms with Gasteiger partial charge < -0.3 is 19.5 Å². The summed E-state index contributed by atoms with van der Waals surface area (Å²) in [6.45, 7) is 10.7. The molecule has 0 radical (unpaired) electrons. The third-order valence-electron chi connectivity index (χ3n) is 6.84. The molecule has 1 N–H and O–H groups in total. The Balaban J connectivity index is 1.51. The molecule has 0 aromatic carbocycles. The van der Waals surface area contributed by atoms with Gasteiger partial charge in [-0.05, 0) is 44.7 Å². The second-order valence-corrected chi connectivity index (χ2v) is 8.90. The highest BCUT2D eigenvalue weighted by atomic mass is 16.5. The van der Waals surface area contributed by atoms with Crippen molar-refractivity contribution in [1.29, 1.82) is 0 Å². The van der Waals surface area contributed by atoms with E-state index in [1.165, 1.54) is 0 Å². The second kappa shape index (κ2) is 8.51. The Kier molecular flexibility index (Phi) is 5.97. The first kappa shape index (κ1) is 21.1. The van der Waals surface area contributed by atoms with Crippen LogP contribution in [0.1, 0.15) is 48.7 Å². The van der Waals surface area contributed by atoms with Crippen LogP contribution in [0, 0.1) is 5.92 Å². The van der Waals surface area contributed by atoms with Gasteiger partial charge >= 0.3 is 0 Å². The van der Waals surface area contributed by atoms with E-state index in [1.807, 2.05) is 11.8 Å². The van der Waals surface area contributed by atoms with Crippen LogP contribution in [0.25, 0.3) is 0 Å². The highest BCUT2D eigenvalue weighted by molar-refractivity contribution is 5.96. The number of amides is 2. The second-order valence-electron chi connectivity index (χ2n) is 8.90. The van der Waals surface area contributed by atoms with Gasteiger partial charge in [-0.3, -0.25) is 19.3 Å². The summed E-state index contributed by atoms with van der Waals surface area (Å²) in [6.07, 6.45) is 2.89. The fraction of sp³-hybridized carbons (Fsp3) is 0.682. The van der Waals surface area contributed by atoms with Crippen LogP contribution in [0.4, 0.5) is 0 Å². The number of hydrogen-bond donors (Lipinski definition) is 1. The van der Waals surface area contributed by atoms with Crippen LogP contribution in [0.5, 0.6) is 0 Å². The number of rotatable bonds is 3. The van der Waals surface area contributed by atoms with Crippen LogP contribution in [0.15, 0.2) is 11.0 Å². The molecule has 8 heteroatoms. The Hall–Kier alpha value is -2.19. The van der Waals surface area contributed by atoms with Crippen molar-refractivity contribution in [1.82, 2.24) is 19.7 Å². The standard InChI is InChI=1S/C22H32N4O4/c1-14(2)24-7-9-25(10-8-24)22(29)19-18-4-6-26(13-16(18)12-23-20(19)27)21(28)17-5-11-30-15(17)3/h12,14-15,17H,4-11,13H2,1-3H3,(H,23,27)/t15-,17+/m1/s1. The third kappa shape index (κ3) is 3.90. The van der Waals surface area contributed by atoms with Gasteiger partial charge in [0.1, 0.15) is 5.56 Å². The molecule has 1 aromatic heterocycles. The van der Waals surface area contributed by atoms with E-state index >= 15 is 0 Å². The van der Waals surface area contributed by atoms with Gasteiger partial charge in [0.15, 0.2) is 0 Å². The van der Waals surface area contributed by atoms with Crippen molar-refractivity contribution in [2.45, 2.75) is 52.3 Å². The molecular weight excluding hydrogens is 384 g/mol. The van der Waals surface area contributed by atoms with Crippen molar-refractivity contribution < 1.29 is 14.3 Å². The minimum Gasteiger partial charge on any atom is -0.378 e. The lowest BCUT2D eigenvalue weighted by atomic mass is 9.94. The Morgan fingerprint density at radius 3 is 2.50 bits per heavy atom. The van der Waals surface area contributed by atoms with Crippen LogP contribution in [0.3, 0.4) is 0 Å². The summed E-state index contributed by atoms with van der Waals surface area (Å²) in [5.41, 5.74) is 1.59. The van der Waals surface area contributed by atoms with E-state index < -0.39 is 0 Å². The first-order valence-corrected chi connectivity index (χ1v) is 11.0. The van der Waals surface area contributed by atoms with E-state index in [9.17, 15) is 14.4 Å². The number of hydrogen-bond acceptors (Lipinski definition) is 5. The molecule has 2 atom stereocenters. The molecule has 4 rings (SSSR count). The Bertz CT molecular complexity index is 872. The monoisotopic (exact) mass is 416 g/mol. The highest BCUT2D eigenvalue weighted by Crippen LogP contribution is 2.27. The van der Waals surface area contributed by atoms with Crippen LogP contribution in [-0.4, -0.2) is 83.0 Å². The predicted octanol–water partition coefficient (Wildman–Crippen LogP) is 0.851. The number of ether oxygens (including phenoxy) is 1. The molecule has 2 amide bonds. The number of fused-ring (bicyclic) bond motifs is 1. The zero-order valence-corrected chi connectivity index (χ0v) is 18.1. The average molecular weight is 417 g/mol. The normalized spacial score (nSPS) is 24.9. The molecule has 2 saturated heterocycles. The summed E-state index contributed by atoms with van der Waals surface area (Å²) in [7, 11) is 0. The minimum absolute atomic E-state index is 0.0591. The van der Waals surface area contributed by atoms with Crippen molar-refractivity contribution in [2.24, 2.45) is 5.92 Å². The van der Waals surface area contributed by atoms with Gasteiger partial charge in [-0.25, -0.2) is 0 Å². The van der Waals surface area contributed by atoms with Crippen LogP contribution in [0.2, 0.25) is 0 Å². The van der Waals surface area contributed by atoms with Gasteiger partial charge in [0.05, 0.1) is 12.0 Å². The fourth-order valence-corrected chi connectivity index (χ4v) is 4.87. The molecule has 2 fully saturated rings.